The first-order chi connectivity index (χ1) is 6.88. The van der Waals surface area contributed by atoms with Crippen molar-refractivity contribution in [2.24, 2.45) is 11.1 Å². The van der Waals surface area contributed by atoms with Crippen LogP contribution in [-0.4, -0.2) is 11.7 Å². The van der Waals surface area contributed by atoms with E-state index >= 15 is 0 Å². The first-order valence-electron chi connectivity index (χ1n) is 4.70. The van der Waals surface area contributed by atoms with E-state index < -0.39 is 0 Å². The summed E-state index contributed by atoms with van der Waals surface area (Å²) in [6, 6.07) is 5.27. The maximum atomic E-state index is 9.25. The maximum absolute atomic E-state index is 9.25. The Kier molecular flexibility index (Phi) is 6.30. The van der Waals surface area contributed by atoms with E-state index in [2.05, 4.69) is 15.9 Å². The zero-order valence-electron chi connectivity index (χ0n) is 9.21. The molecule has 0 aliphatic carbocycles. The molecule has 1 atom stereocenters. The van der Waals surface area contributed by atoms with Crippen molar-refractivity contribution in [3.63, 3.8) is 0 Å². The minimum Gasteiger partial charge on any atom is -0.396 e. The lowest BCUT2D eigenvalue weighted by molar-refractivity contribution is 0.132. The summed E-state index contributed by atoms with van der Waals surface area (Å²) in [4.78, 5) is 0. The van der Waals surface area contributed by atoms with Gasteiger partial charge in [0.05, 0.1) is 0 Å². The molecule has 0 radical (unpaired) electrons. The van der Waals surface area contributed by atoms with Crippen molar-refractivity contribution in [3.8, 4) is 0 Å². The monoisotopic (exact) mass is 327 g/mol. The molecule has 0 bridgehead atoms. The van der Waals surface area contributed by atoms with E-state index in [4.69, 9.17) is 17.3 Å². The van der Waals surface area contributed by atoms with Crippen LogP contribution in [0.2, 0.25) is 5.02 Å². The lowest BCUT2D eigenvalue weighted by atomic mass is 9.82. The van der Waals surface area contributed by atoms with Crippen molar-refractivity contribution in [2.45, 2.75) is 19.9 Å². The first-order valence-corrected chi connectivity index (χ1v) is 5.87. The molecule has 5 heteroatoms. The maximum Gasteiger partial charge on any atom is 0.0500 e. The predicted octanol–water partition coefficient (Wildman–Crippen LogP) is 3.54. The fourth-order valence-electron chi connectivity index (χ4n) is 1.27. The predicted molar refractivity (Wildman–Crippen MR) is 74.2 cm³/mol. The van der Waals surface area contributed by atoms with E-state index in [0.29, 0.717) is 5.02 Å². The van der Waals surface area contributed by atoms with Gasteiger partial charge in [0.2, 0.25) is 0 Å². The third kappa shape index (κ3) is 3.60. The largest absolute Gasteiger partial charge is 0.396 e. The highest BCUT2D eigenvalue weighted by Crippen LogP contribution is 2.35. The lowest BCUT2D eigenvalue weighted by Crippen LogP contribution is -2.32. The molecule has 3 N–H and O–H groups in total. The summed E-state index contributed by atoms with van der Waals surface area (Å²) in [6.45, 7) is 3.85. The van der Waals surface area contributed by atoms with Crippen LogP contribution in [0.4, 0.5) is 0 Å². The molecule has 2 nitrogen and oxygen atoms in total. The second-order valence-electron chi connectivity index (χ2n) is 4.29. The molecule has 92 valence electrons. The van der Waals surface area contributed by atoms with Crippen LogP contribution in [0.15, 0.2) is 22.7 Å². The highest BCUT2D eigenvalue weighted by Gasteiger charge is 2.28. The van der Waals surface area contributed by atoms with E-state index in [1.54, 1.807) is 6.07 Å². The molecule has 0 aliphatic rings. The average Bonchev–Trinajstić information content (AvgIpc) is 2.20. The Labute approximate surface area is 116 Å². The van der Waals surface area contributed by atoms with E-state index in [0.717, 1.165) is 10.0 Å². The van der Waals surface area contributed by atoms with Gasteiger partial charge in [0, 0.05) is 27.6 Å². The molecule has 0 amide bonds. The van der Waals surface area contributed by atoms with Gasteiger partial charge in [-0.2, -0.15) is 0 Å². The van der Waals surface area contributed by atoms with Crippen molar-refractivity contribution in [3.05, 3.63) is 33.3 Å². The zero-order valence-corrected chi connectivity index (χ0v) is 12.4. The van der Waals surface area contributed by atoms with Crippen LogP contribution in [0.5, 0.6) is 0 Å². The summed E-state index contributed by atoms with van der Waals surface area (Å²) in [5, 5.41) is 9.88. The van der Waals surface area contributed by atoms with Crippen LogP contribution < -0.4 is 5.73 Å². The molecule has 0 unspecified atom stereocenters. The molecule has 0 fully saturated rings. The summed E-state index contributed by atoms with van der Waals surface area (Å²) in [5.74, 6) is 0. The van der Waals surface area contributed by atoms with Gasteiger partial charge < -0.3 is 10.8 Å². The molecule has 1 rings (SSSR count). The molecule has 0 heterocycles. The highest BCUT2D eigenvalue weighted by atomic mass is 79.9. The van der Waals surface area contributed by atoms with Crippen molar-refractivity contribution < 1.29 is 5.11 Å². The molecule has 0 saturated carbocycles. The average molecular weight is 329 g/mol. The van der Waals surface area contributed by atoms with E-state index in [1.165, 1.54) is 0 Å². The summed E-state index contributed by atoms with van der Waals surface area (Å²) in [5.41, 5.74) is 6.56. The molecule has 0 aromatic heterocycles. The highest BCUT2D eigenvalue weighted by molar-refractivity contribution is 9.10. The van der Waals surface area contributed by atoms with Gasteiger partial charge >= 0.3 is 0 Å². The van der Waals surface area contributed by atoms with Gasteiger partial charge in [0.15, 0.2) is 0 Å². The molecule has 0 aliphatic heterocycles. The van der Waals surface area contributed by atoms with Gasteiger partial charge in [-0.1, -0.05) is 41.4 Å². The molecule has 1 aromatic rings. The molecule has 1 aromatic carbocycles. The summed E-state index contributed by atoms with van der Waals surface area (Å²) in [7, 11) is 0. The van der Waals surface area contributed by atoms with Gasteiger partial charge in [-0.3, -0.25) is 0 Å². The van der Waals surface area contributed by atoms with Crippen LogP contribution in [0.3, 0.4) is 0 Å². The summed E-state index contributed by atoms with van der Waals surface area (Å²) in [6.07, 6.45) is 0. The minimum absolute atomic E-state index is 0. The first kappa shape index (κ1) is 16.2. The van der Waals surface area contributed by atoms with Gasteiger partial charge in [0.1, 0.15) is 0 Å². The fourth-order valence-corrected chi connectivity index (χ4v) is 1.89. The number of hydrogen-bond donors (Lipinski definition) is 2. The van der Waals surface area contributed by atoms with Gasteiger partial charge in [-0.15, -0.1) is 12.4 Å². The number of benzene rings is 1. The van der Waals surface area contributed by atoms with Gasteiger partial charge in [-0.25, -0.2) is 0 Å². The molecular weight excluding hydrogens is 313 g/mol. The Balaban J connectivity index is 0.00000225. The van der Waals surface area contributed by atoms with Crippen molar-refractivity contribution in [1.82, 2.24) is 0 Å². The van der Waals surface area contributed by atoms with Crippen LogP contribution in [0.1, 0.15) is 25.5 Å². The van der Waals surface area contributed by atoms with Crippen LogP contribution in [0.25, 0.3) is 0 Å². The Morgan fingerprint density at radius 1 is 1.50 bits per heavy atom. The topological polar surface area (TPSA) is 46.2 Å². The molecule has 0 spiro atoms. The molecular formula is C11H16BrCl2NO. The lowest BCUT2D eigenvalue weighted by Gasteiger charge is -2.30. The van der Waals surface area contributed by atoms with Gasteiger partial charge in [-0.05, 0) is 23.8 Å². The second-order valence-corrected chi connectivity index (χ2v) is 5.61. The molecule has 0 saturated heterocycles. The van der Waals surface area contributed by atoms with E-state index in [9.17, 15) is 5.11 Å². The number of nitrogens with two attached hydrogens (primary N) is 1. The van der Waals surface area contributed by atoms with Crippen molar-refractivity contribution >= 4 is 39.9 Å². The quantitative estimate of drug-likeness (QED) is 0.891. The van der Waals surface area contributed by atoms with Crippen LogP contribution >= 0.6 is 39.9 Å². The summed E-state index contributed by atoms with van der Waals surface area (Å²) >= 11 is 9.45. The SMILES string of the molecule is CC(C)(CO)[C@@H](N)c1cc(Br)ccc1Cl.Cl. The molecule has 16 heavy (non-hydrogen) atoms. The van der Waals surface area contributed by atoms with Crippen molar-refractivity contribution in [1.29, 1.82) is 0 Å². The van der Waals surface area contributed by atoms with Crippen molar-refractivity contribution in [2.75, 3.05) is 6.61 Å². The summed E-state index contributed by atoms with van der Waals surface area (Å²) < 4.78 is 0.936. The number of aliphatic hydroxyl groups is 1. The Bertz CT molecular complexity index is 358. The number of aliphatic hydroxyl groups excluding tert-OH is 1. The number of halogens is 3. The number of rotatable bonds is 3. The standard InChI is InChI=1S/C11H15BrClNO.ClH/c1-11(2,6-15)10(14)8-5-7(12)3-4-9(8)13;/h3-5,10,15H,6,14H2,1-2H3;1H/t10-;/m0./s1. The Morgan fingerprint density at radius 2 is 2.06 bits per heavy atom. The van der Waals surface area contributed by atoms with Gasteiger partial charge in [0.25, 0.3) is 0 Å². The number of hydrogen-bond acceptors (Lipinski definition) is 2. The fraction of sp³-hybridized carbons (Fsp3) is 0.455. The van der Waals surface area contributed by atoms with E-state index in [1.807, 2.05) is 26.0 Å². The Hall–Kier alpha value is 0.200. The second kappa shape index (κ2) is 6.22. The van der Waals surface area contributed by atoms with Crippen LogP contribution in [-0.2, 0) is 0 Å². The van der Waals surface area contributed by atoms with E-state index in [-0.39, 0.29) is 30.5 Å². The zero-order chi connectivity index (χ0) is 11.6. The third-order valence-corrected chi connectivity index (χ3v) is 3.38. The minimum atomic E-state index is -0.384. The normalized spacial score (nSPS) is 13.1. The smallest absolute Gasteiger partial charge is 0.0500 e. The van der Waals surface area contributed by atoms with Crippen LogP contribution in [0, 0.1) is 5.41 Å². The third-order valence-electron chi connectivity index (χ3n) is 2.54. The Morgan fingerprint density at radius 3 is 2.56 bits per heavy atom.